The van der Waals surface area contributed by atoms with Crippen LogP contribution in [0, 0.1) is 5.82 Å². The lowest BCUT2D eigenvalue weighted by atomic mass is 10.0. The summed E-state index contributed by atoms with van der Waals surface area (Å²) in [6.07, 6.45) is 0.753. The van der Waals surface area contributed by atoms with Gasteiger partial charge in [0.25, 0.3) is 0 Å². The maximum Gasteiger partial charge on any atom is 0.409 e. The van der Waals surface area contributed by atoms with Crippen molar-refractivity contribution in [1.82, 2.24) is 10.2 Å². The third kappa shape index (κ3) is 5.07. The highest BCUT2D eigenvalue weighted by molar-refractivity contribution is 7.96. The highest BCUT2D eigenvalue weighted by Gasteiger charge is 2.46. The molecule has 2 saturated heterocycles. The molecule has 2 atom stereocenters. The Morgan fingerprint density at radius 3 is 2.41 bits per heavy atom. The van der Waals surface area contributed by atoms with E-state index in [1.807, 2.05) is 0 Å². The fraction of sp³-hybridized carbons (Fsp3) is 0.611. The number of hydrogen-bond acceptors (Lipinski definition) is 7. The van der Waals surface area contributed by atoms with Crippen molar-refractivity contribution in [3.8, 4) is 0 Å². The monoisotopic (exact) mass is 448 g/mol. The molecule has 2 fully saturated rings. The summed E-state index contributed by atoms with van der Waals surface area (Å²) in [4.78, 5) is 13.3. The van der Waals surface area contributed by atoms with Crippen molar-refractivity contribution >= 4 is 25.8 Å². The molecule has 1 N–H and O–H groups in total. The van der Waals surface area contributed by atoms with Crippen LogP contribution in [0.5, 0.6) is 0 Å². The second-order valence-electron chi connectivity index (χ2n) is 7.35. The van der Waals surface area contributed by atoms with Crippen molar-refractivity contribution in [3.63, 3.8) is 0 Å². The van der Waals surface area contributed by atoms with E-state index in [1.54, 1.807) is 11.8 Å². The second kappa shape index (κ2) is 8.57. The highest BCUT2D eigenvalue weighted by Crippen LogP contribution is 2.27. The summed E-state index contributed by atoms with van der Waals surface area (Å²) in [5.74, 6) is -1.30. The number of nitrogens with zero attached hydrogens (tertiary/aromatic N) is 1. The zero-order valence-corrected chi connectivity index (χ0v) is 17.7. The van der Waals surface area contributed by atoms with E-state index in [0.717, 1.165) is 24.3 Å². The molecule has 3 rings (SSSR count). The van der Waals surface area contributed by atoms with E-state index in [4.69, 9.17) is 4.74 Å². The molecule has 2 aliphatic heterocycles. The number of ether oxygens (including phenoxy) is 1. The van der Waals surface area contributed by atoms with Crippen LogP contribution in [0.2, 0.25) is 0 Å². The van der Waals surface area contributed by atoms with E-state index < -0.39 is 42.5 Å². The fourth-order valence-electron chi connectivity index (χ4n) is 3.82. The minimum absolute atomic E-state index is 0.0927. The van der Waals surface area contributed by atoms with Crippen LogP contribution >= 0.6 is 0 Å². The molecule has 0 unspecified atom stereocenters. The Kier molecular flexibility index (Phi) is 6.49. The first-order valence-electron chi connectivity index (χ1n) is 9.50. The largest absolute Gasteiger partial charge is 0.450 e. The molecule has 0 radical (unpaired) electrons. The number of hydrogen-bond donors (Lipinski definition) is 1. The van der Waals surface area contributed by atoms with Crippen molar-refractivity contribution < 1.29 is 30.8 Å². The van der Waals surface area contributed by atoms with Gasteiger partial charge in [-0.05, 0) is 44.0 Å². The third-order valence-corrected chi connectivity index (χ3v) is 9.48. The minimum Gasteiger partial charge on any atom is -0.450 e. The SMILES string of the molecule is CCOC(=O)N1CCC(N[C@@H]2CS(=O)(=O)C[C@H]2S(=O)(=O)c2ccc(F)cc2)CC1. The average Bonchev–Trinajstić information content (AvgIpc) is 2.98. The molecule has 0 bridgehead atoms. The molecule has 11 heteroatoms. The fourth-order valence-corrected chi connectivity index (χ4v) is 8.50. The number of carbonyl (C=O) groups excluding carboxylic acids is 1. The number of benzene rings is 1. The van der Waals surface area contributed by atoms with Gasteiger partial charge in [-0.1, -0.05) is 0 Å². The first-order valence-corrected chi connectivity index (χ1v) is 12.9. The molecule has 2 heterocycles. The third-order valence-electron chi connectivity index (χ3n) is 5.31. The zero-order valence-electron chi connectivity index (χ0n) is 16.1. The van der Waals surface area contributed by atoms with Crippen molar-refractivity contribution in [2.24, 2.45) is 0 Å². The average molecular weight is 449 g/mol. The summed E-state index contributed by atoms with van der Waals surface area (Å²) in [7, 11) is -7.48. The van der Waals surface area contributed by atoms with Gasteiger partial charge in [0.1, 0.15) is 5.82 Å². The van der Waals surface area contributed by atoms with Crippen LogP contribution in [-0.2, 0) is 24.4 Å². The first-order chi connectivity index (χ1) is 13.6. The predicted molar refractivity (Wildman–Crippen MR) is 105 cm³/mol. The molecule has 8 nitrogen and oxygen atoms in total. The first kappa shape index (κ1) is 22.0. The van der Waals surface area contributed by atoms with Gasteiger partial charge < -0.3 is 15.0 Å². The molecule has 1 aromatic rings. The molecule has 1 aromatic carbocycles. The molecule has 1 amide bonds. The van der Waals surface area contributed by atoms with Crippen LogP contribution in [0.15, 0.2) is 29.2 Å². The van der Waals surface area contributed by atoms with Gasteiger partial charge >= 0.3 is 6.09 Å². The maximum atomic E-state index is 13.2. The van der Waals surface area contributed by atoms with Gasteiger partial charge in [-0.15, -0.1) is 0 Å². The van der Waals surface area contributed by atoms with Gasteiger partial charge in [-0.3, -0.25) is 0 Å². The number of halogens is 1. The Hall–Kier alpha value is -1.72. The van der Waals surface area contributed by atoms with Gasteiger partial charge in [0.15, 0.2) is 19.7 Å². The summed E-state index contributed by atoms with van der Waals surface area (Å²) in [6.45, 7) is 2.92. The molecular weight excluding hydrogens is 423 g/mol. The van der Waals surface area contributed by atoms with E-state index in [0.29, 0.717) is 32.5 Å². The highest BCUT2D eigenvalue weighted by atomic mass is 32.2. The summed E-state index contributed by atoms with van der Waals surface area (Å²) < 4.78 is 68.5. The number of sulfone groups is 2. The Morgan fingerprint density at radius 1 is 1.21 bits per heavy atom. The Morgan fingerprint density at radius 2 is 1.83 bits per heavy atom. The molecule has 0 aromatic heterocycles. The molecule has 0 spiro atoms. The van der Waals surface area contributed by atoms with Crippen molar-refractivity contribution in [2.75, 3.05) is 31.2 Å². The lowest BCUT2D eigenvalue weighted by molar-refractivity contribution is 0.0945. The number of nitrogens with one attached hydrogen (secondary N) is 1. The summed E-state index contributed by atoms with van der Waals surface area (Å²) in [5.41, 5.74) is 0. The van der Waals surface area contributed by atoms with Crippen LogP contribution in [-0.4, -0.2) is 76.4 Å². The van der Waals surface area contributed by atoms with Gasteiger partial charge in [0.2, 0.25) is 0 Å². The molecule has 29 heavy (non-hydrogen) atoms. The summed E-state index contributed by atoms with van der Waals surface area (Å²) in [6, 6.07) is 3.54. The van der Waals surface area contributed by atoms with Crippen molar-refractivity contribution in [3.05, 3.63) is 30.1 Å². The lowest BCUT2D eigenvalue weighted by Gasteiger charge is -2.34. The van der Waals surface area contributed by atoms with Gasteiger partial charge in [-0.2, -0.15) is 0 Å². The van der Waals surface area contributed by atoms with Crippen LogP contribution in [0.1, 0.15) is 19.8 Å². The Bertz CT molecular complexity index is 941. The Labute approximate surface area is 170 Å². The number of carbonyl (C=O) groups is 1. The molecule has 2 aliphatic rings. The number of rotatable bonds is 5. The summed E-state index contributed by atoms with van der Waals surface area (Å²) in [5, 5.41) is 2.05. The lowest BCUT2D eigenvalue weighted by Crippen LogP contribution is -2.52. The van der Waals surface area contributed by atoms with Crippen LogP contribution < -0.4 is 5.32 Å². The van der Waals surface area contributed by atoms with Crippen molar-refractivity contribution in [1.29, 1.82) is 0 Å². The number of amides is 1. The molecule has 162 valence electrons. The topological polar surface area (TPSA) is 110 Å². The minimum atomic E-state index is -3.95. The maximum absolute atomic E-state index is 13.2. The van der Waals surface area contributed by atoms with Gasteiger partial charge in [0.05, 0.1) is 28.3 Å². The van der Waals surface area contributed by atoms with Gasteiger partial charge in [0, 0.05) is 25.2 Å². The van der Waals surface area contributed by atoms with Crippen LogP contribution in [0.4, 0.5) is 9.18 Å². The summed E-state index contributed by atoms with van der Waals surface area (Å²) >= 11 is 0. The number of likely N-dealkylation sites (tertiary alicyclic amines) is 1. The van der Waals surface area contributed by atoms with E-state index in [-0.39, 0.29) is 22.8 Å². The van der Waals surface area contributed by atoms with E-state index >= 15 is 0 Å². The van der Waals surface area contributed by atoms with E-state index in [1.165, 1.54) is 0 Å². The molecular formula is C18H25FN2O6S2. The van der Waals surface area contributed by atoms with E-state index in [2.05, 4.69) is 5.32 Å². The number of piperidine rings is 1. The second-order valence-corrected chi connectivity index (χ2v) is 11.7. The standard InChI is InChI=1S/C18H25FN2O6S2/c1-2-27-18(22)21-9-7-14(8-10-21)20-16-11-28(23,24)12-17(16)29(25,26)15-5-3-13(19)4-6-15/h3-6,14,16-17,20H,2,7-12H2,1H3/t16-,17-/m1/s1. The predicted octanol–water partition coefficient (Wildman–Crippen LogP) is 0.976. The van der Waals surface area contributed by atoms with Crippen LogP contribution in [0.3, 0.4) is 0 Å². The quantitative estimate of drug-likeness (QED) is 0.669. The zero-order chi connectivity index (χ0) is 21.2. The van der Waals surface area contributed by atoms with Crippen LogP contribution in [0.25, 0.3) is 0 Å². The smallest absolute Gasteiger partial charge is 0.409 e. The molecule has 0 aliphatic carbocycles. The molecule has 0 saturated carbocycles. The van der Waals surface area contributed by atoms with Gasteiger partial charge in [-0.25, -0.2) is 26.0 Å². The van der Waals surface area contributed by atoms with Crippen molar-refractivity contribution in [2.45, 2.75) is 42.0 Å². The normalized spacial score (nSPS) is 25.1. The van der Waals surface area contributed by atoms with E-state index in [9.17, 15) is 26.0 Å². The Balaban J connectivity index is 1.71.